The third-order valence-electron chi connectivity index (χ3n) is 5.59. The van der Waals surface area contributed by atoms with E-state index in [1.807, 2.05) is 11.6 Å². The molecule has 0 amide bonds. The first-order valence-corrected chi connectivity index (χ1v) is 10.8. The molecule has 0 bridgehead atoms. The summed E-state index contributed by atoms with van der Waals surface area (Å²) in [6.45, 7) is 6.70. The van der Waals surface area contributed by atoms with E-state index in [0.717, 1.165) is 23.4 Å². The summed E-state index contributed by atoms with van der Waals surface area (Å²) in [6.07, 6.45) is 1.60. The number of benzene rings is 1. The molecule has 1 saturated heterocycles. The summed E-state index contributed by atoms with van der Waals surface area (Å²) in [5, 5.41) is 13.9. The van der Waals surface area contributed by atoms with E-state index in [2.05, 4.69) is 18.9 Å². The van der Waals surface area contributed by atoms with Crippen LogP contribution in [0.25, 0.3) is 0 Å². The largest absolute Gasteiger partial charge is 0.502 e. The number of H-pyrrole nitrogens is 1. The van der Waals surface area contributed by atoms with Gasteiger partial charge in [0.1, 0.15) is 0 Å². The zero-order chi connectivity index (χ0) is 21.6. The minimum atomic E-state index is -0.293. The lowest BCUT2D eigenvalue weighted by Crippen LogP contribution is -2.35. The lowest BCUT2D eigenvalue weighted by molar-refractivity contribution is -0.0705. The molecule has 2 aromatic rings. The van der Waals surface area contributed by atoms with Crippen molar-refractivity contribution in [2.75, 3.05) is 20.8 Å². The number of aromatic hydroxyl groups is 1. The molecule has 0 radical (unpaired) electrons. The second-order valence-corrected chi connectivity index (χ2v) is 9.50. The molecule has 162 valence electrons. The summed E-state index contributed by atoms with van der Waals surface area (Å²) in [4.78, 5) is 17.8. The lowest BCUT2D eigenvalue weighted by atomic mass is 9.94. The highest BCUT2D eigenvalue weighted by molar-refractivity contribution is 8.14. The van der Waals surface area contributed by atoms with E-state index in [1.54, 1.807) is 12.1 Å². The molecule has 2 aliphatic rings. The maximum absolute atomic E-state index is 13.1. The Hall–Kier alpha value is -2.39. The molecule has 2 N–H and O–H groups in total. The third kappa shape index (κ3) is 3.60. The number of thioether (sulfide) groups is 1. The maximum atomic E-state index is 13.1. The van der Waals surface area contributed by atoms with Crippen LogP contribution in [0.2, 0.25) is 0 Å². The van der Waals surface area contributed by atoms with Crippen molar-refractivity contribution in [1.82, 2.24) is 9.78 Å². The molecule has 3 heterocycles. The van der Waals surface area contributed by atoms with Gasteiger partial charge in [0.15, 0.2) is 17.3 Å². The maximum Gasteiger partial charge on any atom is 0.271 e. The summed E-state index contributed by atoms with van der Waals surface area (Å²) in [6, 6.07) is 3.59. The van der Waals surface area contributed by atoms with Crippen molar-refractivity contribution < 1.29 is 19.3 Å². The fourth-order valence-corrected chi connectivity index (χ4v) is 5.28. The predicted octanol–water partition coefficient (Wildman–Crippen LogP) is 3.92. The van der Waals surface area contributed by atoms with E-state index in [9.17, 15) is 9.90 Å². The Labute approximate surface area is 179 Å². The summed E-state index contributed by atoms with van der Waals surface area (Å²) in [7, 11) is 2.97. The summed E-state index contributed by atoms with van der Waals surface area (Å²) in [5.74, 6) is 1.20. The molecule has 30 heavy (non-hydrogen) atoms. The van der Waals surface area contributed by atoms with Gasteiger partial charge in [-0.1, -0.05) is 11.8 Å². The van der Waals surface area contributed by atoms with E-state index >= 15 is 0 Å². The zero-order valence-corrected chi connectivity index (χ0v) is 18.6. The Kier molecular flexibility index (Phi) is 5.36. The molecule has 1 aromatic heterocycles. The smallest absolute Gasteiger partial charge is 0.271 e. The number of rotatable bonds is 4. The Morgan fingerprint density at radius 1 is 1.30 bits per heavy atom. The van der Waals surface area contributed by atoms with Crippen LogP contribution in [-0.4, -0.2) is 46.4 Å². The molecule has 8 nitrogen and oxygen atoms in total. The Bertz CT molecular complexity index is 1030. The molecule has 0 saturated carbocycles. The number of hydrogen-bond acceptors (Lipinski definition) is 7. The van der Waals surface area contributed by atoms with Crippen LogP contribution >= 0.6 is 11.8 Å². The van der Waals surface area contributed by atoms with Crippen molar-refractivity contribution in [1.29, 1.82) is 0 Å². The second-order valence-electron chi connectivity index (χ2n) is 8.21. The summed E-state index contributed by atoms with van der Waals surface area (Å²) >= 11 is 1.50. The monoisotopic (exact) mass is 433 g/mol. The van der Waals surface area contributed by atoms with Gasteiger partial charge in [0.05, 0.1) is 41.7 Å². The van der Waals surface area contributed by atoms with E-state index in [1.165, 1.54) is 26.0 Å². The van der Waals surface area contributed by atoms with Gasteiger partial charge in [-0.3, -0.25) is 14.6 Å². The topological polar surface area (TPSA) is 98.1 Å². The van der Waals surface area contributed by atoms with Crippen molar-refractivity contribution in [2.45, 2.75) is 50.5 Å². The molecule has 9 heteroatoms. The van der Waals surface area contributed by atoms with Crippen molar-refractivity contribution in [3.63, 3.8) is 0 Å². The molecule has 0 unspecified atom stereocenters. The number of aliphatic imine (C=N–C) groups is 1. The fraction of sp³-hybridized carbons (Fsp3) is 0.524. The fourth-order valence-electron chi connectivity index (χ4n) is 4.19. The molecule has 0 aliphatic carbocycles. The Morgan fingerprint density at radius 2 is 1.97 bits per heavy atom. The van der Waals surface area contributed by atoms with Gasteiger partial charge in [-0.25, -0.2) is 4.99 Å². The quantitative estimate of drug-likeness (QED) is 0.759. The number of nitrogens with zero attached hydrogens (tertiary/aromatic N) is 2. The minimum absolute atomic E-state index is 0.0638. The van der Waals surface area contributed by atoms with E-state index < -0.39 is 0 Å². The van der Waals surface area contributed by atoms with Crippen LogP contribution in [0.3, 0.4) is 0 Å². The van der Waals surface area contributed by atoms with Gasteiger partial charge in [0.25, 0.3) is 5.56 Å². The first-order valence-electron chi connectivity index (χ1n) is 9.89. The molecule has 2 atom stereocenters. The van der Waals surface area contributed by atoms with Crippen molar-refractivity contribution in [3.8, 4) is 17.2 Å². The SMILES string of the molecule is COc1cc([C@@H]2SC(C)=Nc3c2c(=O)[nH]n3[C@H]2CCOC(C)(C)C2)cc(OC)c1O. The van der Waals surface area contributed by atoms with Gasteiger partial charge in [0.2, 0.25) is 5.75 Å². The van der Waals surface area contributed by atoms with Crippen LogP contribution in [0.15, 0.2) is 21.9 Å². The number of hydrogen-bond donors (Lipinski definition) is 2. The molecule has 1 fully saturated rings. The van der Waals surface area contributed by atoms with Gasteiger partial charge < -0.3 is 19.3 Å². The predicted molar refractivity (Wildman–Crippen MR) is 117 cm³/mol. The van der Waals surface area contributed by atoms with Crippen LogP contribution in [0.5, 0.6) is 17.2 Å². The van der Waals surface area contributed by atoms with Crippen LogP contribution in [0.1, 0.15) is 56.0 Å². The normalized spacial score (nSPS) is 22.9. The molecule has 2 aliphatic heterocycles. The average molecular weight is 434 g/mol. The number of methoxy groups -OCH3 is 2. The van der Waals surface area contributed by atoms with Crippen molar-refractivity contribution >= 4 is 22.6 Å². The van der Waals surface area contributed by atoms with Gasteiger partial charge in [-0.15, -0.1) is 0 Å². The van der Waals surface area contributed by atoms with Crippen molar-refractivity contribution in [3.05, 3.63) is 33.6 Å². The summed E-state index contributed by atoms with van der Waals surface area (Å²) in [5.41, 5.74) is 0.993. The highest BCUT2D eigenvalue weighted by Crippen LogP contribution is 2.48. The zero-order valence-electron chi connectivity index (χ0n) is 17.8. The second kappa shape index (κ2) is 7.70. The molecule has 0 spiro atoms. The first-order chi connectivity index (χ1) is 14.2. The van der Waals surface area contributed by atoms with Gasteiger partial charge in [-0.2, -0.15) is 0 Å². The average Bonchev–Trinajstić information content (AvgIpc) is 3.03. The highest BCUT2D eigenvalue weighted by Gasteiger charge is 2.36. The highest BCUT2D eigenvalue weighted by atomic mass is 32.2. The molecular formula is C21H27N3O5S. The number of aromatic amines is 1. The van der Waals surface area contributed by atoms with Gasteiger partial charge in [-0.05, 0) is 51.3 Å². The molecule has 4 rings (SSSR count). The van der Waals surface area contributed by atoms with Crippen LogP contribution in [-0.2, 0) is 4.74 Å². The number of ether oxygens (including phenoxy) is 3. The van der Waals surface area contributed by atoms with Crippen LogP contribution < -0.4 is 15.0 Å². The van der Waals surface area contributed by atoms with Crippen LogP contribution in [0, 0.1) is 0 Å². The number of phenols is 1. The molecular weight excluding hydrogens is 406 g/mol. The standard InChI is InChI=1S/C21H27N3O5S/c1-11-22-19-16(20(26)23-24(19)13-6-7-29-21(2,3)10-13)18(30-11)12-8-14(27-4)17(25)15(9-12)28-5/h8-9,13,18,25H,6-7,10H2,1-5H3,(H,23,26)/t13-,18-/m0/s1. The summed E-state index contributed by atoms with van der Waals surface area (Å²) < 4.78 is 18.4. The minimum Gasteiger partial charge on any atom is -0.502 e. The lowest BCUT2D eigenvalue weighted by Gasteiger charge is -2.36. The Balaban J connectivity index is 1.82. The van der Waals surface area contributed by atoms with Gasteiger partial charge >= 0.3 is 0 Å². The molecule has 1 aromatic carbocycles. The van der Waals surface area contributed by atoms with Gasteiger partial charge in [0, 0.05) is 6.61 Å². The number of nitrogens with one attached hydrogen (secondary N) is 1. The van der Waals surface area contributed by atoms with E-state index in [4.69, 9.17) is 19.2 Å². The van der Waals surface area contributed by atoms with E-state index in [0.29, 0.717) is 29.5 Å². The first kappa shape index (κ1) is 20.9. The number of aromatic nitrogens is 2. The third-order valence-corrected chi connectivity index (χ3v) is 6.77. The van der Waals surface area contributed by atoms with Crippen molar-refractivity contribution in [2.24, 2.45) is 4.99 Å². The van der Waals surface area contributed by atoms with E-state index in [-0.39, 0.29) is 28.2 Å². The number of fused-ring (bicyclic) bond motifs is 1. The Morgan fingerprint density at radius 3 is 2.57 bits per heavy atom. The number of phenolic OH excluding ortho intramolecular Hbond substituents is 1. The van der Waals surface area contributed by atoms with Crippen LogP contribution in [0.4, 0.5) is 5.82 Å².